The lowest BCUT2D eigenvalue weighted by Gasteiger charge is -2.16. The molecule has 19 heavy (non-hydrogen) atoms. The molecule has 1 aromatic rings. The molecule has 1 heterocycles. The van der Waals surface area contributed by atoms with E-state index >= 15 is 0 Å². The van der Waals surface area contributed by atoms with Crippen molar-refractivity contribution in [2.75, 3.05) is 13.1 Å². The van der Waals surface area contributed by atoms with E-state index in [0.717, 1.165) is 22.5 Å². The van der Waals surface area contributed by atoms with E-state index in [2.05, 4.69) is 0 Å². The summed E-state index contributed by atoms with van der Waals surface area (Å²) in [6, 6.07) is 2.61. The molecule has 0 spiro atoms. The molecule has 1 unspecified atom stereocenters. The van der Waals surface area contributed by atoms with Gasteiger partial charge in [0.25, 0.3) is 0 Å². The normalized spacial score (nSPS) is 20.6. The standard InChI is InChI=1S/C11H12FNO5S/c12-10-2-1-8(5-9(10)11(15)16)19(17,18)13-4-3-7(14)6-13/h1-2,5,7,14H,3-4,6H2,(H,15,16). The Bertz CT molecular complexity index is 616. The van der Waals surface area contributed by atoms with Gasteiger partial charge in [-0.15, -0.1) is 0 Å². The average Bonchev–Trinajstić information content (AvgIpc) is 2.76. The van der Waals surface area contributed by atoms with Crippen LogP contribution in [0.15, 0.2) is 23.1 Å². The maximum absolute atomic E-state index is 13.2. The first-order chi connectivity index (χ1) is 8.82. The molecule has 1 aliphatic heterocycles. The van der Waals surface area contributed by atoms with Crippen molar-refractivity contribution in [2.24, 2.45) is 0 Å². The summed E-state index contributed by atoms with van der Waals surface area (Å²) in [7, 11) is -3.90. The number of carboxylic acid groups (broad SMARTS) is 1. The van der Waals surface area contributed by atoms with E-state index in [1.165, 1.54) is 0 Å². The van der Waals surface area contributed by atoms with E-state index in [9.17, 15) is 22.7 Å². The van der Waals surface area contributed by atoms with Crippen molar-refractivity contribution in [2.45, 2.75) is 17.4 Å². The quantitative estimate of drug-likeness (QED) is 0.833. The number of sulfonamides is 1. The molecule has 0 bridgehead atoms. The van der Waals surface area contributed by atoms with Crippen LogP contribution in [0.2, 0.25) is 0 Å². The Morgan fingerprint density at radius 1 is 1.42 bits per heavy atom. The van der Waals surface area contributed by atoms with Crippen LogP contribution in [0.25, 0.3) is 0 Å². The van der Waals surface area contributed by atoms with Gasteiger partial charge in [-0.2, -0.15) is 4.31 Å². The molecule has 8 heteroatoms. The van der Waals surface area contributed by atoms with Crippen LogP contribution in [-0.4, -0.2) is 48.1 Å². The molecular weight excluding hydrogens is 277 g/mol. The third kappa shape index (κ3) is 2.60. The lowest BCUT2D eigenvalue weighted by molar-refractivity contribution is 0.0691. The minimum Gasteiger partial charge on any atom is -0.478 e. The van der Waals surface area contributed by atoms with Gasteiger partial charge in [-0.1, -0.05) is 0 Å². The van der Waals surface area contributed by atoms with E-state index < -0.39 is 33.5 Å². The van der Waals surface area contributed by atoms with Crippen LogP contribution in [0, 0.1) is 5.82 Å². The maximum atomic E-state index is 13.2. The maximum Gasteiger partial charge on any atom is 0.338 e. The summed E-state index contributed by atoms with van der Waals surface area (Å²) >= 11 is 0. The first kappa shape index (κ1) is 13.9. The van der Waals surface area contributed by atoms with Crippen LogP contribution in [0.1, 0.15) is 16.8 Å². The Morgan fingerprint density at radius 3 is 2.63 bits per heavy atom. The number of benzene rings is 1. The fourth-order valence-corrected chi connectivity index (χ4v) is 3.43. The number of hydrogen-bond donors (Lipinski definition) is 2. The van der Waals surface area contributed by atoms with E-state index in [-0.39, 0.29) is 18.0 Å². The zero-order valence-electron chi connectivity index (χ0n) is 9.78. The van der Waals surface area contributed by atoms with Crippen molar-refractivity contribution < 1.29 is 27.8 Å². The number of aliphatic hydroxyl groups excluding tert-OH is 1. The van der Waals surface area contributed by atoms with Gasteiger partial charge in [0.2, 0.25) is 10.0 Å². The highest BCUT2D eigenvalue weighted by Crippen LogP contribution is 2.23. The third-order valence-electron chi connectivity index (χ3n) is 2.93. The highest BCUT2D eigenvalue weighted by Gasteiger charge is 2.32. The minimum absolute atomic E-state index is 0.0396. The van der Waals surface area contributed by atoms with Gasteiger partial charge in [0, 0.05) is 13.1 Å². The largest absolute Gasteiger partial charge is 0.478 e. The average molecular weight is 289 g/mol. The van der Waals surface area contributed by atoms with Crippen LogP contribution in [-0.2, 0) is 10.0 Å². The zero-order chi connectivity index (χ0) is 14.2. The van der Waals surface area contributed by atoms with Gasteiger partial charge in [-0.05, 0) is 24.6 Å². The number of halogens is 1. The first-order valence-corrected chi connectivity index (χ1v) is 6.97. The van der Waals surface area contributed by atoms with E-state index in [4.69, 9.17) is 5.11 Å². The fourth-order valence-electron chi connectivity index (χ4n) is 1.91. The molecule has 0 saturated carbocycles. The predicted molar refractivity (Wildman–Crippen MR) is 62.7 cm³/mol. The number of nitrogens with zero attached hydrogens (tertiary/aromatic N) is 1. The second-order valence-electron chi connectivity index (χ2n) is 4.25. The van der Waals surface area contributed by atoms with Crippen LogP contribution in [0.3, 0.4) is 0 Å². The first-order valence-electron chi connectivity index (χ1n) is 5.53. The summed E-state index contributed by atoms with van der Waals surface area (Å²) in [5, 5.41) is 18.1. The molecule has 0 amide bonds. The monoisotopic (exact) mass is 289 g/mol. The van der Waals surface area contributed by atoms with Crippen LogP contribution < -0.4 is 0 Å². The van der Waals surface area contributed by atoms with Gasteiger partial charge in [0.15, 0.2) is 0 Å². The second-order valence-corrected chi connectivity index (χ2v) is 6.19. The molecule has 6 nitrogen and oxygen atoms in total. The molecule has 2 N–H and O–H groups in total. The number of aliphatic hydroxyl groups is 1. The SMILES string of the molecule is O=C(O)c1cc(S(=O)(=O)N2CCC(O)C2)ccc1F. The summed E-state index contributed by atoms with van der Waals surface area (Å²) in [6.07, 6.45) is -0.402. The molecule has 1 saturated heterocycles. The van der Waals surface area contributed by atoms with Gasteiger partial charge >= 0.3 is 5.97 Å². The number of β-amino-alcohol motifs (C(OH)–C–C–N with tert-alkyl or cyclic N) is 1. The molecule has 0 radical (unpaired) electrons. The number of carboxylic acids is 1. The van der Waals surface area contributed by atoms with Crippen LogP contribution >= 0.6 is 0 Å². The van der Waals surface area contributed by atoms with Crippen molar-refractivity contribution in [1.29, 1.82) is 0 Å². The Hall–Kier alpha value is -1.51. The number of rotatable bonds is 3. The lowest BCUT2D eigenvalue weighted by Crippen LogP contribution is -2.29. The molecule has 1 aliphatic rings. The lowest BCUT2D eigenvalue weighted by atomic mass is 10.2. The number of hydrogen-bond acceptors (Lipinski definition) is 4. The van der Waals surface area contributed by atoms with Crippen molar-refractivity contribution in [3.8, 4) is 0 Å². The highest BCUT2D eigenvalue weighted by atomic mass is 32.2. The molecular formula is C11H12FNO5S. The topological polar surface area (TPSA) is 94.9 Å². The number of aromatic carboxylic acids is 1. The van der Waals surface area contributed by atoms with Crippen LogP contribution in [0.5, 0.6) is 0 Å². The Morgan fingerprint density at radius 2 is 2.11 bits per heavy atom. The van der Waals surface area contributed by atoms with E-state index in [1.54, 1.807) is 0 Å². The van der Waals surface area contributed by atoms with Gasteiger partial charge in [-0.25, -0.2) is 17.6 Å². The van der Waals surface area contributed by atoms with Gasteiger partial charge in [-0.3, -0.25) is 0 Å². The number of carbonyl (C=O) groups is 1. The Balaban J connectivity index is 2.41. The predicted octanol–water partition coefficient (Wildman–Crippen LogP) is 0.279. The second kappa shape index (κ2) is 4.87. The summed E-state index contributed by atoms with van der Waals surface area (Å²) < 4.78 is 38.6. The summed E-state index contributed by atoms with van der Waals surface area (Å²) in [5.74, 6) is -2.52. The van der Waals surface area contributed by atoms with Gasteiger partial charge in [0.05, 0.1) is 16.6 Å². The smallest absolute Gasteiger partial charge is 0.338 e. The van der Waals surface area contributed by atoms with Crippen molar-refractivity contribution in [3.63, 3.8) is 0 Å². The zero-order valence-corrected chi connectivity index (χ0v) is 10.6. The molecule has 1 aromatic carbocycles. The Kier molecular flexibility index (Phi) is 3.57. The molecule has 2 rings (SSSR count). The third-order valence-corrected chi connectivity index (χ3v) is 4.79. The van der Waals surface area contributed by atoms with Crippen molar-refractivity contribution in [1.82, 2.24) is 4.31 Å². The molecule has 104 valence electrons. The summed E-state index contributed by atoms with van der Waals surface area (Å²) in [6.45, 7) is 0.116. The van der Waals surface area contributed by atoms with E-state index in [1.807, 2.05) is 0 Å². The summed E-state index contributed by atoms with van der Waals surface area (Å²) in [5.41, 5.74) is -0.694. The molecule has 0 aromatic heterocycles. The van der Waals surface area contributed by atoms with Crippen molar-refractivity contribution in [3.05, 3.63) is 29.6 Å². The van der Waals surface area contributed by atoms with Gasteiger partial charge in [0.1, 0.15) is 5.82 Å². The molecule has 0 aliphatic carbocycles. The van der Waals surface area contributed by atoms with E-state index in [0.29, 0.717) is 6.42 Å². The van der Waals surface area contributed by atoms with Crippen molar-refractivity contribution >= 4 is 16.0 Å². The highest BCUT2D eigenvalue weighted by molar-refractivity contribution is 7.89. The fraction of sp³-hybridized carbons (Fsp3) is 0.364. The van der Waals surface area contributed by atoms with Gasteiger partial charge < -0.3 is 10.2 Å². The molecule has 1 fully saturated rings. The Labute approximate surface area is 109 Å². The molecule has 1 atom stereocenters. The van der Waals surface area contributed by atoms with Crippen LogP contribution in [0.4, 0.5) is 4.39 Å². The minimum atomic E-state index is -3.90. The summed E-state index contributed by atoms with van der Waals surface area (Å²) in [4.78, 5) is 10.5.